The van der Waals surface area contributed by atoms with Crippen LogP contribution in [0.1, 0.15) is 184 Å². The van der Waals surface area contributed by atoms with Gasteiger partial charge in [0.05, 0.1) is 24.0 Å². The van der Waals surface area contributed by atoms with Crippen molar-refractivity contribution in [3.05, 3.63) is 321 Å². The first-order valence-electron chi connectivity index (χ1n) is 46.2. The molecule has 0 radical (unpaired) electrons. The second kappa shape index (κ2) is 44.1. The van der Waals surface area contributed by atoms with Crippen molar-refractivity contribution in [3.8, 4) is 22.5 Å². The third kappa shape index (κ3) is 26.3. The number of hydrogen-bond acceptors (Lipinski definition) is 14. The molecular weight excluding hydrogens is 1630 g/mol. The molecule has 1 unspecified atom stereocenters. The number of amides is 6. The largest absolute Gasteiger partial charge is 0.380 e. The molecule has 6 aliphatic rings. The normalized spacial score (nSPS) is 14.6. The predicted octanol–water partition coefficient (Wildman–Crippen LogP) is 21.2. The SMILES string of the molecule is CC(=O)Nc1ccc2c(c1)CCCN2Cc1ccc(-c2cccc(C)n2)cc1.CC(=O)Nc1ccc2c(c1)CCCN2Cc1ccc(-c2ccn(C)n2)cc1.CC(=O)Nc1ccc2c(c1)CCCN2Cc1ccc(C(C)(C)C)cc1.CC(=O)Nc1ccc2c(c1)CCCN2Cc1ccc(C2CCC(=O)N2)cc1.COCc1ccc(CN2CCCc3cc(NC(C)=O)ccc32)cc1. The first-order chi connectivity index (χ1) is 63.2. The van der Waals surface area contributed by atoms with Gasteiger partial charge in [-0.2, -0.15) is 5.10 Å². The molecule has 18 rings (SSSR count). The lowest BCUT2D eigenvalue weighted by molar-refractivity contribution is -0.119. The number of fused-ring (bicyclic) bond motifs is 5. The monoisotopic (exact) mass is 1750 g/mol. The van der Waals surface area contributed by atoms with Crippen LogP contribution >= 0.6 is 0 Å². The summed E-state index contributed by atoms with van der Waals surface area (Å²) < 4.78 is 6.99. The molecule has 1 saturated heterocycles. The minimum atomic E-state index is -0.0406. The van der Waals surface area contributed by atoms with Gasteiger partial charge in [-0.05, 0) is 264 Å². The second-order valence-corrected chi connectivity index (χ2v) is 36.3. The van der Waals surface area contributed by atoms with E-state index in [0.717, 1.165) is 193 Å². The van der Waals surface area contributed by atoms with Crippen molar-refractivity contribution in [1.82, 2.24) is 20.1 Å². The van der Waals surface area contributed by atoms with Gasteiger partial charge in [0.25, 0.3) is 0 Å². The predicted molar refractivity (Wildman–Crippen MR) is 532 cm³/mol. The Kier molecular flexibility index (Phi) is 31.5. The number of aromatic nitrogens is 3. The number of methoxy groups -OCH3 is 1. The van der Waals surface area contributed by atoms with Gasteiger partial charge in [0.2, 0.25) is 35.4 Å². The van der Waals surface area contributed by atoms with Crippen LogP contribution in [0, 0.1) is 6.92 Å². The number of rotatable bonds is 20. The highest BCUT2D eigenvalue weighted by Crippen LogP contribution is 2.38. The van der Waals surface area contributed by atoms with Crippen LogP contribution in [0.4, 0.5) is 56.9 Å². The van der Waals surface area contributed by atoms with Gasteiger partial charge in [-0.25, -0.2) is 0 Å². The lowest BCUT2D eigenvalue weighted by Crippen LogP contribution is -2.29. The van der Waals surface area contributed by atoms with Crippen LogP contribution in [0.3, 0.4) is 0 Å². The Morgan fingerprint density at radius 1 is 0.389 bits per heavy atom. The Balaban J connectivity index is 0.000000132. The summed E-state index contributed by atoms with van der Waals surface area (Å²) in [6.45, 7) is 26.8. The first kappa shape index (κ1) is 93.5. The van der Waals surface area contributed by atoms with E-state index in [1.807, 2.05) is 73.4 Å². The van der Waals surface area contributed by atoms with E-state index in [9.17, 15) is 28.8 Å². The summed E-state index contributed by atoms with van der Waals surface area (Å²) in [5, 5.41) is 21.9. The Bertz CT molecular complexity index is 5960. The molecule has 0 bridgehead atoms. The van der Waals surface area contributed by atoms with E-state index in [1.54, 1.807) is 34.8 Å². The van der Waals surface area contributed by atoms with Crippen molar-refractivity contribution >= 4 is 92.3 Å². The number of aryl methyl sites for hydroxylation is 7. The third-order valence-electron chi connectivity index (χ3n) is 24.6. The van der Waals surface area contributed by atoms with E-state index >= 15 is 0 Å². The topological polar surface area (TPSA) is 231 Å². The molecule has 0 spiro atoms. The van der Waals surface area contributed by atoms with Gasteiger partial charge >= 0.3 is 0 Å². The molecule has 678 valence electrons. The van der Waals surface area contributed by atoms with Crippen LogP contribution in [0.25, 0.3) is 22.5 Å². The van der Waals surface area contributed by atoms with Gasteiger partial charge in [-0.1, -0.05) is 148 Å². The maximum absolute atomic E-state index is 11.4. The van der Waals surface area contributed by atoms with Gasteiger partial charge in [0, 0.05) is 201 Å². The molecular formula is C110H126N14O7. The average Bonchev–Trinajstić information content (AvgIpc) is 1.39. The van der Waals surface area contributed by atoms with Crippen molar-refractivity contribution in [3.63, 3.8) is 0 Å². The van der Waals surface area contributed by atoms with E-state index in [-0.39, 0.29) is 46.9 Å². The van der Waals surface area contributed by atoms with Crippen molar-refractivity contribution < 1.29 is 33.5 Å². The van der Waals surface area contributed by atoms with E-state index in [2.05, 4.69) is 275 Å². The second-order valence-electron chi connectivity index (χ2n) is 36.3. The fourth-order valence-electron chi connectivity index (χ4n) is 18.3. The quantitative estimate of drug-likeness (QED) is 0.0417. The molecule has 10 aromatic carbocycles. The van der Waals surface area contributed by atoms with Gasteiger partial charge in [-0.3, -0.25) is 38.4 Å². The maximum atomic E-state index is 11.4. The van der Waals surface area contributed by atoms with Crippen molar-refractivity contribution in [2.75, 3.05) is 90.9 Å². The zero-order chi connectivity index (χ0) is 92.1. The smallest absolute Gasteiger partial charge is 0.221 e. The number of carbonyl (C=O) groups is 6. The van der Waals surface area contributed by atoms with E-state index < -0.39 is 0 Å². The molecule has 6 N–H and O–H groups in total. The van der Waals surface area contributed by atoms with E-state index in [0.29, 0.717) is 13.0 Å². The summed E-state index contributed by atoms with van der Waals surface area (Å²) in [5.41, 5.74) is 33.0. The fraction of sp³-hybridized carbons (Fsp3) is 0.327. The number of ether oxygens (including phenoxy) is 1. The Labute approximate surface area is 772 Å². The molecule has 131 heavy (non-hydrogen) atoms. The molecule has 1 atom stereocenters. The van der Waals surface area contributed by atoms with Crippen molar-refractivity contribution in [2.24, 2.45) is 7.05 Å². The van der Waals surface area contributed by atoms with Crippen molar-refractivity contribution in [2.45, 2.75) is 190 Å². The van der Waals surface area contributed by atoms with Gasteiger partial charge in [0.15, 0.2) is 0 Å². The minimum absolute atomic E-state index is 0.0217. The van der Waals surface area contributed by atoms with Crippen LogP contribution in [-0.2, 0) is 117 Å². The van der Waals surface area contributed by atoms with Gasteiger partial charge in [0.1, 0.15) is 0 Å². The van der Waals surface area contributed by atoms with Gasteiger partial charge < -0.3 is 61.1 Å². The summed E-state index contributed by atoms with van der Waals surface area (Å²) in [6.07, 6.45) is 14.4. The molecule has 2 aromatic heterocycles. The molecule has 6 amide bonds. The molecule has 12 aromatic rings. The number of benzene rings is 10. The minimum Gasteiger partial charge on any atom is -0.380 e. The highest BCUT2D eigenvalue weighted by molar-refractivity contribution is 5.92. The number of hydrogen-bond donors (Lipinski definition) is 6. The number of pyridine rings is 1. The zero-order valence-corrected chi connectivity index (χ0v) is 77.9. The first-order valence-corrected chi connectivity index (χ1v) is 46.2. The standard InChI is InChI=1S/C24H25N3O.C22H24N4O.C22H25N3O2.C22H28N2O.C20H24N2O2/c1-17-5-3-7-23(25-17)20-10-8-19(9-11-20)16-27-14-4-6-21-15-22(26-18(2)28)12-13-24(21)27;1-16(27)23-20-9-10-22-19(14-20)4-3-12-26(22)15-17-5-7-18(8-6-17)21-11-13-25(2)24-21;1-15(26)23-19-8-10-21-18(13-19)3-2-12-25(21)14-16-4-6-17(7-5-16)20-9-11-22(27)24-20;1-16(25)23-20-11-12-21-18(14-20)6-5-13-24(21)15-17-7-9-19(10-8-17)22(2,3)4;1-15(23)21-19-9-10-20-18(12-19)4-3-11-22(20)13-16-5-7-17(8-6-16)14-24-2/h3,5,7-13,15H,4,6,14,16H2,1-2H3,(H,26,28);5-11,13-14H,3-4,12,15H2,1-2H3,(H,23,27);4-8,10,13,20H,2-3,9,11-12,14H2,1H3,(H,23,26)(H,24,27);7-12,14H,5-6,13,15H2,1-4H3,(H,23,25);5-10,12H,3-4,11,13-14H2,1-2H3,(H,21,23). The lowest BCUT2D eigenvalue weighted by Gasteiger charge is -2.32. The summed E-state index contributed by atoms with van der Waals surface area (Å²) in [5.74, 6) is -0.00877. The summed E-state index contributed by atoms with van der Waals surface area (Å²) >= 11 is 0. The molecule has 8 heterocycles. The number of nitrogens with one attached hydrogen (secondary N) is 6. The Hall–Kier alpha value is -13.7. The molecule has 21 nitrogen and oxygen atoms in total. The molecule has 6 aliphatic heterocycles. The zero-order valence-electron chi connectivity index (χ0n) is 77.9. The third-order valence-corrected chi connectivity index (χ3v) is 24.6. The number of anilines is 10. The summed E-state index contributed by atoms with van der Waals surface area (Å²) in [6, 6.07) is 83.0. The fourth-order valence-corrected chi connectivity index (χ4v) is 18.3. The van der Waals surface area contributed by atoms with Crippen molar-refractivity contribution in [1.29, 1.82) is 0 Å². The number of carbonyl (C=O) groups excluding carboxylic acids is 6. The molecule has 0 saturated carbocycles. The van der Waals surface area contributed by atoms with Crippen LogP contribution in [0.15, 0.2) is 243 Å². The summed E-state index contributed by atoms with van der Waals surface area (Å²) in [4.78, 5) is 84.5. The Morgan fingerprint density at radius 3 is 0.992 bits per heavy atom. The molecule has 1 fully saturated rings. The van der Waals surface area contributed by atoms with Crippen LogP contribution in [0.2, 0.25) is 0 Å². The van der Waals surface area contributed by atoms with Gasteiger partial charge in [-0.15, -0.1) is 0 Å². The molecule has 21 heteroatoms. The van der Waals surface area contributed by atoms with E-state index in [1.165, 1.54) is 108 Å². The van der Waals surface area contributed by atoms with Crippen LogP contribution in [0.5, 0.6) is 0 Å². The van der Waals surface area contributed by atoms with E-state index in [4.69, 9.17) is 4.74 Å². The maximum Gasteiger partial charge on any atom is 0.221 e. The highest BCUT2D eigenvalue weighted by Gasteiger charge is 2.27. The lowest BCUT2D eigenvalue weighted by atomic mass is 9.86. The van der Waals surface area contributed by atoms with Crippen LogP contribution < -0.4 is 56.4 Å². The van der Waals surface area contributed by atoms with Crippen LogP contribution in [-0.4, -0.2) is 90.0 Å². The number of nitrogens with zero attached hydrogens (tertiary/aromatic N) is 8. The molecule has 0 aliphatic carbocycles. The summed E-state index contributed by atoms with van der Waals surface area (Å²) in [7, 11) is 3.65. The highest BCUT2D eigenvalue weighted by atomic mass is 16.5. The average molecular weight is 1760 g/mol. The Morgan fingerprint density at radius 2 is 0.702 bits per heavy atom.